The third kappa shape index (κ3) is 2.93. The van der Waals surface area contributed by atoms with E-state index < -0.39 is 0 Å². The van der Waals surface area contributed by atoms with Crippen LogP contribution < -0.4 is 4.90 Å². The summed E-state index contributed by atoms with van der Waals surface area (Å²) in [6.45, 7) is 1.93. The van der Waals surface area contributed by atoms with Crippen LogP contribution in [0.1, 0.15) is 16.7 Å². The molecule has 0 atom stereocenters. The maximum absolute atomic E-state index is 5.69. The maximum Gasteiger partial charge on any atom is 0.109 e. The highest BCUT2D eigenvalue weighted by atomic mass is 32.1. The second kappa shape index (κ2) is 5.86. The monoisotopic (exact) mass is 296 g/mol. The zero-order valence-corrected chi connectivity index (χ0v) is 13.4. The molecular formula is C18H20N2S. The Morgan fingerprint density at radius 2 is 1.67 bits per heavy atom. The first-order chi connectivity index (χ1) is 10.1. The van der Waals surface area contributed by atoms with Gasteiger partial charge in [-0.25, -0.2) is 0 Å². The van der Waals surface area contributed by atoms with Crippen LogP contribution in [0.3, 0.4) is 0 Å². The van der Waals surface area contributed by atoms with Crippen molar-refractivity contribution in [1.29, 1.82) is 0 Å². The summed E-state index contributed by atoms with van der Waals surface area (Å²) in [7, 11) is 4.10. The normalized spacial score (nSPS) is 13.7. The zero-order valence-electron chi connectivity index (χ0n) is 12.5. The van der Waals surface area contributed by atoms with Gasteiger partial charge in [0.15, 0.2) is 0 Å². The van der Waals surface area contributed by atoms with Gasteiger partial charge in [0.1, 0.15) is 4.99 Å². The summed E-state index contributed by atoms with van der Waals surface area (Å²) >= 11 is 5.69. The van der Waals surface area contributed by atoms with Gasteiger partial charge in [0.25, 0.3) is 0 Å². The molecular weight excluding hydrogens is 276 g/mol. The smallest absolute Gasteiger partial charge is 0.109 e. The molecule has 0 spiro atoms. The molecule has 21 heavy (non-hydrogen) atoms. The van der Waals surface area contributed by atoms with E-state index in [1.54, 1.807) is 0 Å². The van der Waals surface area contributed by atoms with Gasteiger partial charge in [-0.1, -0.05) is 36.5 Å². The van der Waals surface area contributed by atoms with Crippen molar-refractivity contribution in [3.05, 3.63) is 65.2 Å². The lowest BCUT2D eigenvalue weighted by molar-refractivity contribution is 0.401. The lowest BCUT2D eigenvalue weighted by Gasteiger charge is -2.31. The van der Waals surface area contributed by atoms with E-state index in [1.165, 1.54) is 16.8 Å². The number of nitrogens with zero attached hydrogens (tertiary/aromatic N) is 2. The quantitative estimate of drug-likeness (QED) is 0.783. The van der Waals surface area contributed by atoms with E-state index in [4.69, 9.17) is 12.2 Å². The molecule has 1 aliphatic rings. The minimum atomic E-state index is 0.921. The van der Waals surface area contributed by atoms with Crippen molar-refractivity contribution in [3.63, 3.8) is 0 Å². The second-order valence-corrected chi connectivity index (χ2v) is 6.07. The van der Waals surface area contributed by atoms with Crippen LogP contribution in [0.5, 0.6) is 0 Å². The predicted molar refractivity (Wildman–Crippen MR) is 93.0 cm³/mol. The first-order valence-corrected chi connectivity index (χ1v) is 7.69. The number of thiocarbonyl (C=S) groups is 1. The average molecular weight is 296 g/mol. The number of anilines is 1. The second-order valence-electron chi connectivity index (χ2n) is 5.69. The van der Waals surface area contributed by atoms with Crippen LogP contribution in [-0.4, -0.2) is 30.5 Å². The fraction of sp³-hybridized carbons (Fsp3) is 0.278. The van der Waals surface area contributed by atoms with Crippen molar-refractivity contribution in [2.24, 2.45) is 0 Å². The Hall–Kier alpha value is -1.87. The summed E-state index contributed by atoms with van der Waals surface area (Å²) in [6, 6.07) is 17.2. The van der Waals surface area contributed by atoms with Gasteiger partial charge in [0.2, 0.25) is 0 Å². The highest BCUT2D eigenvalue weighted by molar-refractivity contribution is 7.80. The molecule has 3 rings (SSSR count). The van der Waals surface area contributed by atoms with Gasteiger partial charge in [0.05, 0.1) is 0 Å². The third-order valence-corrected chi connectivity index (χ3v) is 4.54. The van der Waals surface area contributed by atoms with Crippen LogP contribution in [0.25, 0.3) is 0 Å². The predicted octanol–water partition coefficient (Wildman–Crippen LogP) is 3.49. The van der Waals surface area contributed by atoms with E-state index in [0.29, 0.717) is 0 Å². The largest absolute Gasteiger partial charge is 0.378 e. The Bertz CT molecular complexity index is 647. The minimum absolute atomic E-state index is 0.921. The summed E-state index contributed by atoms with van der Waals surface area (Å²) in [5.74, 6) is 0. The van der Waals surface area contributed by atoms with E-state index >= 15 is 0 Å². The lowest BCUT2D eigenvalue weighted by atomic mass is 9.99. The molecule has 0 unspecified atom stereocenters. The molecule has 1 aliphatic heterocycles. The number of hydrogen-bond acceptors (Lipinski definition) is 2. The molecule has 0 amide bonds. The highest BCUT2D eigenvalue weighted by Gasteiger charge is 2.18. The molecule has 0 aliphatic carbocycles. The fourth-order valence-electron chi connectivity index (χ4n) is 2.75. The van der Waals surface area contributed by atoms with Crippen LogP contribution in [0.15, 0.2) is 48.5 Å². The molecule has 0 N–H and O–H groups in total. The molecule has 0 bridgehead atoms. The van der Waals surface area contributed by atoms with Gasteiger partial charge in [-0.05, 0) is 41.8 Å². The summed E-state index contributed by atoms with van der Waals surface area (Å²) < 4.78 is 0. The van der Waals surface area contributed by atoms with Crippen molar-refractivity contribution >= 4 is 22.9 Å². The Morgan fingerprint density at radius 1 is 1.00 bits per heavy atom. The summed E-state index contributed by atoms with van der Waals surface area (Å²) in [5.41, 5.74) is 5.19. The molecule has 0 fully saturated rings. The van der Waals surface area contributed by atoms with Crippen LogP contribution in [0, 0.1) is 0 Å². The van der Waals surface area contributed by atoms with Gasteiger partial charge in [0, 0.05) is 38.4 Å². The molecule has 2 aromatic rings. The van der Waals surface area contributed by atoms with E-state index in [-0.39, 0.29) is 0 Å². The molecule has 2 aromatic carbocycles. The topological polar surface area (TPSA) is 6.48 Å². The van der Waals surface area contributed by atoms with Crippen LogP contribution in [0.4, 0.5) is 5.69 Å². The van der Waals surface area contributed by atoms with Crippen molar-refractivity contribution in [3.8, 4) is 0 Å². The third-order valence-electron chi connectivity index (χ3n) is 4.05. The molecule has 2 nitrogen and oxygen atoms in total. The minimum Gasteiger partial charge on any atom is -0.378 e. The Labute approximate surface area is 132 Å². The maximum atomic E-state index is 5.69. The summed E-state index contributed by atoms with van der Waals surface area (Å²) in [4.78, 5) is 5.36. The van der Waals surface area contributed by atoms with E-state index in [2.05, 4.69) is 72.4 Å². The number of rotatable bonds is 2. The first kappa shape index (κ1) is 14.1. The van der Waals surface area contributed by atoms with Crippen LogP contribution in [-0.2, 0) is 13.0 Å². The van der Waals surface area contributed by atoms with E-state index in [9.17, 15) is 0 Å². The molecule has 1 heterocycles. The molecule has 0 radical (unpaired) electrons. The van der Waals surface area contributed by atoms with Gasteiger partial charge < -0.3 is 9.80 Å². The Kier molecular flexibility index (Phi) is 3.93. The Balaban J connectivity index is 1.77. The van der Waals surface area contributed by atoms with Crippen LogP contribution >= 0.6 is 12.2 Å². The van der Waals surface area contributed by atoms with Crippen molar-refractivity contribution < 1.29 is 0 Å². The first-order valence-electron chi connectivity index (χ1n) is 7.28. The lowest BCUT2D eigenvalue weighted by Crippen LogP contribution is -2.35. The number of fused-ring (bicyclic) bond motifs is 1. The van der Waals surface area contributed by atoms with Gasteiger partial charge in [-0.15, -0.1) is 0 Å². The highest BCUT2D eigenvalue weighted by Crippen LogP contribution is 2.21. The SMILES string of the molecule is CN(C)c1ccc(C(=S)N2CCc3ccccc3C2)cc1. The average Bonchev–Trinajstić information content (AvgIpc) is 2.54. The standard InChI is InChI=1S/C18H20N2S/c1-19(2)17-9-7-15(8-10-17)18(21)20-12-11-14-5-3-4-6-16(14)13-20/h3-10H,11-13H2,1-2H3. The Morgan fingerprint density at radius 3 is 2.33 bits per heavy atom. The van der Waals surface area contributed by atoms with E-state index in [0.717, 1.165) is 30.1 Å². The van der Waals surface area contributed by atoms with E-state index in [1.807, 2.05) is 0 Å². The molecule has 3 heteroatoms. The van der Waals surface area contributed by atoms with Gasteiger partial charge in [-0.2, -0.15) is 0 Å². The van der Waals surface area contributed by atoms with Crippen molar-refractivity contribution in [1.82, 2.24) is 4.90 Å². The molecule has 0 aromatic heterocycles. The zero-order chi connectivity index (χ0) is 14.8. The molecule has 108 valence electrons. The molecule has 0 saturated heterocycles. The summed E-state index contributed by atoms with van der Waals surface area (Å²) in [6.07, 6.45) is 1.08. The number of benzene rings is 2. The fourth-order valence-corrected chi connectivity index (χ4v) is 3.05. The van der Waals surface area contributed by atoms with Gasteiger partial charge in [-0.3, -0.25) is 0 Å². The van der Waals surface area contributed by atoms with Crippen LogP contribution in [0.2, 0.25) is 0 Å². The van der Waals surface area contributed by atoms with Crippen molar-refractivity contribution in [2.45, 2.75) is 13.0 Å². The number of hydrogen-bond donors (Lipinski definition) is 0. The summed E-state index contributed by atoms with van der Waals surface area (Å²) in [5, 5.41) is 0. The molecule has 0 saturated carbocycles. The van der Waals surface area contributed by atoms with Crippen molar-refractivity contribution in [2.75, 3.05) is 25.5 Å². The van der Waals surface area contributed by atoms with Gasteiger partial charge >= 0.3 is 0 Å².